The van der Waals surface area contributed by atoms with Crippen LogP contribution in [0.5, 0.6) is 0 Å². The maximum absolute atomic E-state index is 6.80. The van der Waals surface area contributed by atoms with Gasteiger partial charge in [-0.15, -0.1) is 0 Å². The predicted molar refractivity (Wildman–Crippen MR) is 124 cm³/mol. The van der Waals surface area contributed by atoms with Crippen molar-refractivity contribution in [3.63, 3.8) is 0 Å². The van der Waals surface area contributed by atoms with Crippen LogP contribution in [-0.4, -0.2) is 32.8 Å². The summed E-state index contributed by atoms with van der Waals surface area (Å²) in [6.45, 7) is 19.1. The Hall–Kier alpha value is 0.716. The van der Waals surface area contributed by atoms with E-state index < -0.39 is 26.7 Å². The third kappa shape index (κ3) is 6.95. The molecule has 1 atom stereocenters. The van der Waals surface area contributed by atoms with Crippen LogP contribution in [0.3, 0.4) is 0 Å². The van der Waals surface area contributed by atoms with E-state index in [1.165, 1.54) is 51.4 Å². The Labute approximate surface area is 170 Å². The van der Waals surface area contributed by atoms with Gasteiger partial charge < -0.3 is 0 Å². The van der Waals surface area contributed by atoms with Crippen molar-refractivity contribution in [1.82, 2.24) is 0 Å². The molecule has 0 saturated carbocycles. The summed E-state index contributed by atoms with van der Waals surface area (Å²) in [5, 5.41) is 0.316. The van der Waals surface area contributed by atoms with Crippen LogP contribution in [0.4, 0.5) is 0 Å². The van der Waals surface area contributed by atoms with Crippen molar-refractivity contribution in [2.75, 3.05) is 0 Å². The van der Waals surface area contributed by atoms with Crippen LogP contribution in [-0.2, 0) is 4.43 Å². The minimum absolute atomic E-state index is 0.316. The van der Waals surface area contributed by atoms with Crippen molar-refractivity contribution >= 4 is 26.7 Å². The van der Waals surface area contributed by atoms with E-state index in [4.69, 9.17) is 4.43 Å². The van der Waals surface area contributed by atoms with Crippen LogP contribution in [0, 0.1) is 0 Å². The Bertz CT molecular complexity index is 414. The molecule has 0 N–H and O–H groups in total. The number of rotatable bonds is 12. The van der Waals surface area contributed by atoms with Crippen molar-refractivity contribution in [1.29, 1.82) is 0 Å². The molecule has 0 unspecified atom stereocenters. The summed E-state index contributed by atoms with van der Waals surface area (Å²) in [6.07, 6.45) is 14.2. The van der Waals surface area contributed by atoms with Gasteiger partial charge in [0.1, 0.15) is 0 Å². The monoisotopic (exact) mass is 488 g/mol. The zero-order chi connectivity index (χ0) is 19.8. The van der Waals surface area contributed by atoms with E-state index in [0.29, 0.717) is 11.1 Å². The molecule has 1 nitrogen and oxygen atoms in total. The zero-order valence-electron chi connectivity index (χ0n) is 19.3. The molecule has 0 heterocycles. The maximum atomic E-state index is 6.80. The molecule has 1 aliphatic rings. The van der Waals surface area contributed by atoms with Crippen LogP contribution in [0.1, 0.15) is 92.9 Å². The summed E-state index contributed by atoms with van der Waals surface area (Å²) in [7, 11) is -1.66. The Morgan fingerprint density at radius 3 is 1.81 bits per heavy atom. The summed E-state index contributed by atoms with van der Waals surface area (Å²) in [5.41, 5.74) is 0. The molecular weight excluding hydrogens is 439 g/mol. The van der Waals surface area contributed by atoms with E-state index in [1.54, 1.807) is 13.3 Å². The van der Waals surface area contributed by atoms with Crippen LogP contribution in [0.25, 0.3) is 0 Å². The van der Waals surface area contributed by atoms with E-state index in [1.807, 2.05) is 3.59 Å². The van der Waals surface area contributed by atoms with E-state index in [0.717, 1.165) is 0 Å². The standard InChI is InChI=1S/C11H21OSi.3C4H9.Sn/c1-11(2,3)13(4,5)12-10-8-6-7-9-10;3*1-3-4-2;/h9-10H,6,8H2,1-5H3;3*1,3-4H2,2H3;/t10-;;;;/m0..../s1. The van der Waals surface area contributed by atoms with Crippen molar-refractivity contribution in [2.45, 2.75) is 130 Å². The van der Waals surface area contributed by atoms with Crippen LogP contribution in [0.2, 0.25) is 31.4 Å². The van der Waals surface area contributed by atoms with E-state index in [9.17, 15) is 0 Å². The first-order chi connectivity index (χ1) is 12.1. The second-order valence-electron chi connectivity index (χ2n) is 10.2. The molecule has 0 aromatic carbocycles. The second-order valence-corrected chi connectivity index (χ2v) is 28.4. The molecule has 0 radical (unpaired) electrons. The molecule has 154 valence electrons. The number of unbranched alkanes of at least 4 members (excludes halogenated alkanes) is 3. The van der Waals surface area contributed by atoms with Gasteiger partial charge in [-0.25, -0.2) is 0 Å². The molecule has 0 aromatic rings. The predicted octanol–water partition coefficient (Wildman–Crippen LogP) is 8.49. The third-order valence-corrected chi connectivity index (χ3v) is 27.8. The molecule has 0 bridgehead atoms. The second kappa shape index (κ2) is 11.0. The van der Waals surface area contributed by atoms with Crippen molar-refractivity contribution < 1.29 is 4.43 Å². The van der Waals surface area contributed by atoms with Gasteiger partial charge in [0.15, 0.2) is 0 Å². The van der Waals surface area contributed by atoms with Gasteiger partial charge in [0, 0.05) is 0 Å². The molecule has 0 aliphatic heterocycles. The summed E-state index contributed by atoms with van der Waals surface area (Å²) < 4.78 is 13.6. The van der Waals surface area contributed by atoms with Gasteiger partial charge in [0.25, 0.3) is 0 Å². The average Bonchev–Trinajstić information content (AvgIpc) is 3.02. The number of hydrogen-bond acceptors (Lipinski definition) is 1. The Morgan fingerprint density at radius 2 is 1.42 bits per heavy atom. The molecular formula is C23H48OSiSn. The fraction of sp³-hybridized carbons (Fsp3) is 0.913. The van der Waals surface area contributed by atoms with Crippen molar-refractivity contribution in [2.24, 2.45) is 0 Å². The first kappa shape index (κ1) is 24.8. The first-order valence-electron chi connectivity index (χ1n) is 11.5. The van der Waals surface area contributed by atoms with E-state index in [-0.39, 0.29) is 0 Å². The Morgan fingerprint density at radius 1 is 0.962 bits per heavy atom. The molecule has 0 aromatic heterocycles. The molecule has 0 fully saturated rings. The van der Waals surface area contributed by atoms with Crippen LogP contribution >= 0.6 is 0 Å². The van der Waals surface area contributed by atoms with Gasteiger partial charge in [-0.2, -0.15) is 0 Å². The topological polar surface area (TPSA) is 9.23 Å². The Balaban J connectivity index is 3.01. The number of allylic oxidation sites excluding steroid dienone is 1. The van der Waals surface area contributed by atoms with Crippen molar-refractivity contribution in [3.8, 4) is 0 Å². The molecule has 1 rings (SSSR count). The summed E-state index contributed by atoms with van der Waals surface area (Å²) in [4.78, 5) is 0. The van der Waals surface area contributed by atoms with Gasteiger partial charge >= 0.3 is 171 Å². The number of hydrogen-bond donors (Lipinski definition) is 0. The average molecular weight is 487 g/mol. The molecule has 0 amide bonds. The Kier molecular flexibility index (Phi) is 10.5. The molecule has 0 spiro atoms. The molecule has 3 heteroatoms. The van der Waals surface area contributed by atoms with Crippen LogP contribution < -0.4 is 0 Å². The SMILES string of the molecule is CCC[CH2][Sn]([CH2]CCC)([CH2]CCC)[C]1=C[C@@H](O[Si](C)(C)C(C)(C)C)CC1. The van der Waals surface area contributed by atoms with E-state index in [2.05, 4.69) is 60.7 Å². The molecule has 26 heavy (non-hydrogen) atoms. The third-order valence-electron chi connectivity index (χ3n) is 7.05. The van der Waals surface area contributed by atoms with Gasteiger partial charge in [-0.1, -0.05) is 0 Å². The van der Waals surface area contributed by atoms with E-state index >= 15 is 0 Å². The molecule has 1 aliphatic carbocycles. The first-order valence-corrected chi connectivity index (χ1v) is 21.9. The minimum atomic E-state index is -2.19. The van der Waals surface area contributed by atoms with Crippen LogP contribution in [0.15, 0.2) is 9.67 Å². The fourth-order valence-electron chi connectivity index (χ4n) is 4.18. The molecule has 0 saturated heterocycles. The zero-order valence-corrected chi connectivity index (χ0v) is 23.2. The van der Waals surface area contributed by atoms with Gasteiger partial charge in [0.2, 0.25) is 0 Å². The fourth-order valence-corrected chi connectivity index (χ4v) is 22.7. The normalized spacial score (nSPS) is 19.1. The quantitative estimate of drug-likeness (QED) is 0.251. The van der Waals surface area contributed by atoms with Gasteiger partial charge in [-0.3, -0.25) is 0 Å². The van der Waals surface area contributed by atoms with Gasteiger partial charge in [0.05, 0.1) is 0 Å². The van der Waals surface area contributed by atoms with Gasteiger partial charge in [-0.05, 0) is 0 Å². The summed E-state index contributed by atoms with van der Waals surface area (Å²) >= 11 is -2.19. The van der Waals surface area contributed by atoms with Crippen molar-refractivity contribution in [3.05, 3.63) is 9.67 Å². The summed E-state index contributed by atoms with van der Waals surface area (Å²) in [6, 6.07) is 0. The summed E-state index contributed by atoms with van der Waals surface area (Å²) in [5.74, 6) is 0.